The summed E-state index contributed by atoms with van der Waals surface area (Å²) in [6.45, 7) is 0. The van der Waals surface area contributed by atoms with Gasteiger partial charge in [0, 0.05) is 62.3 Å². The third kappa shape index (κ3) is 3.01. The number of hydrogen-bond acceptors (Lipinski definition) is 1. The number of para-hydroxylation sites is 4. The molecule has 0 spiro atoms. The average Bonchev–Trinajstić information content (AvgIpc) is 3.77. The quantitative estimate of drug-likeness (QED) is 0.185. The van der Waals surface area contributed by atoms with E-state index in [1.807, 2.05) is 6.07 Å². The molecule has 4 heterocycles. The fourth-order valence-corrected chi connectivity index (χ4v) is 8.18. The van der Waals surface area contributed by atoms with E-state index >= 15 is 0 Å². The molecule has 3 aromatic heterocycles. The van der Waals surface area contributed by atoms with E-state index in [2.05, 4.69) is 159 Å². The van der Waals surface area contributed by atoms with Gasteiger partial charge in [-0.05, 0) is 42.5 Å². The third-order valence-electron chi connectivity index (χ3n) is 10.0. The Morgan fingerprint density at radius 2 is 1.26 bits per heavy atom. The van der Waals surface area contributed by atoms with Crippen LogP contribution in [-0.2, 0) is 0 Å². The first-order valence-corrected chi connectivity index (χ1v) is 15.8. The van der Waals surface area contributed by atoms with Crippen molar-refractivity contribution in [3.05, 3.63) is 152 Å². The zero-order valence-corrected chi connectivity index (χ0v) is 24.8. The maximum Gasteiger partial charge on any atom is 0.235 e. The molecule has 46 heavy (non-hydrogen) atoms. The van der Waals surface area contributed by atoms with Crippen molar-refractivity contribution in [2.75, 3.05) is 0 Å². The lowest BCUT2D eigenvalue weighted by atomic mass is 10.0. The Morgan fingerprint density at radius 1 is 0.543 bits per heavy atom. The van der Waals surface area contributed by atoms with E-state index in [1.54, 1.807) is 0 Å². The van der Waals surface area contributed by atoms with Crippen molar-refractivity contribution < 1.29 is 4.42 Å². The number of benzene rings is 6. The van der Waals surface area contributed by atoms with Crippen LogP contribution in [0, 0.1) is 0 Å². The molecule has 11 rings (SSSR count). The van der Waals surface area contributed by atoms with Gasteiger partial charge in [-0.15, -0.1) is 0 Å². The molecule has 1 aliphatic carbocycles. The molecule has 0 bridgehead atoms. The molecular weight excluding hydrogens is 562 g/mol. The summed E-state index contributed by atoms with van der Waals surface area (Å²) in [7, 11) is 0. The van der Waals surface area contributed by atoms with Gasteiger partial charge in [-0.2, -0.15) is 4.58 Å². The van der Waals surface area contributed by atoms with Crippen LogP contribution < -0.4 is 4.58 Å². The monoisotopic (exact) mass is 588 g/mol. The molecule has 6 aromatic carbocycles. The number of aromatic nitrogens is 2. The zero-order chi connectivity index (χ0) is 29.9. The summed E-state index contributed by atoms with van der Waals surface area (Å²) in [5, 5.41) is 7.40. The van der Waals surface area contributed by atoms with Gasteiger partial charge in [-0.3, -0.25) is 0 Å². The molecule has 9 aromatic rings. The van der Waals surface area contributed by atoms with Crippen LogP contribution in [0.4, 0.5) is 11.4 Å². The van der Waals surface area contributed by atoms with Gasteiger partial charge in [0.2, 0.25) is 17.1 Å². The average molecular weight is 589 g/mol. The fourth-order valence-electron chi connectivity index (χ4n) is 8.18. The van der Waals surface area contributed by atoms with E-state index < -0.39 is 0 Å². The Morgan fingerprint density at radius 3 is 2.07 bits per heavy atom. The van der Waals surface area contributed by atoms with Crippen molar-refractivity contribution in [1.82, 2.24) is 13.7 Å². The lowest BCUT2D eigenvalue weighted by molar-refractivity contribution is 0.669. The first-order chi connectivity index (χ1) is 22.8. The molecule has 1 aliphatic heterocycles. The minimum absolute atomic E-state index is 0.0625. The highest BCUT2D eigenvalue weighted by Gasteiger charge is 2.37. The van der Waals surface area contributed by atoms with Crippen molar-refractivity contribution in [2.45, 2.75) is 6.04 Å². The van der Waals surface area contributed by atoms with Gasteiger partial charge in [0.25, 0.3) is 0 Å². The summed E-state index contributed by atoms with van der Waals surface area (Å²) < 4.78 is 13.7. The van der Waals surface area contributed by atoms with E-state index in [-0.39, 0.29) is 6.04 Å². The molecule has 0 amide bonds. The second kappa shape index (κ2) is 8.74. The Hall–Kier alpha value is -6.13. The summed E-state index contributed by atoms with van der Waals surface area (Å²) >= 11 is 0. The number of hydrogen-bond donors (Lipinski definition) is 0. The van der Waals surface area contributed by atoms with Crippen molar-refractivity contribution >= 4 is 82.6 Å². The van der Waals surface area contributed by atoms with Gasteiger partial charge in [0.15, 0.2) is 0 Å². The molecule has 2 aliphatic rings. The molecule has 4 heteroatoms. The minimum atomic E-state index is 0.0625. The van der Waals surface area contributed by atoms with E-state index in [9.17, 15) is 0 Å². The minimum Gasteiger partial charge on any atom is -0.456 e. The van der Waals surface area contributed by atoms with E-state index in [0.717, 1.165) is 27.9 Å². The lowest BCUT2D eigenvalue weighted by Crippen LogP contribution is -2.30. The van der Waals surface area contributed by atoms with Gasteiger partial charge >= 0.3 is 0 Å². The van der Waals surface area contributed by atoms with E-state index in [0.29, 0.717) is 0 Å². The molecule has 0 fully saturated rings. The third-order valence-corrected chi connectivity index (χ3v) is 10.0. The molecular formula is C42H26N3O+. The number of fused-ring (bicyclic) bond motifs is 12. The second-order valence-corrected chi connectivity index (χ2v) is 12.3. The maximum absolute atomic E-state index is 6.34. The first-order valence-electron chi connectivity index (χ1n) is 15.8. The Kier molecular flexibility index (Phi) is 4.60. The van der Waals surface area contributed by atoms with Crippen LogP contribution in [0.1, 0.15) is 6.04 Å². The molecule has 4 nitrogen and oxygen atoms in total. The van der Waals surface area contributed by atoms with E-state index in [4.69, 9.17) is 4.42 Å². The second-order valence-electron chi connectivity index (χ2n) is 12.3. The smallest absolute Gasteiger partial charge is 0.235 e. The van der Waals surface area contributed by atoms with Crippen molar-refractivity contribution in [3.8, 4) is 5.69 Å². The van der Waals surface area contributed by atoms with Crippen molar-refractivity contribution in [2.24, 2.45) is 0 Å². The number of allylic oxidation sites excluding steroid dienone is 4. The lowest BCUT2D eigenvalue weighted by Gasteiger charge is -2.24. The van der Waals surface area contributed by atoms with Gasteiger partial charge in [-0.1, -0.05) is 85.0 Å². The fraction of sp³-hybridized carbons (Fsp3) is 0.0238. The summed E-state index contributed by atoms with van der Waals surface area (Å²) in [5.41, 5.74) is 11.5. The van der Waals surface area contributed by atoms with Crippen LogP contribution >= 0.6 is 0 Å². The van der Waals surface area contributed by atoms with Crippen LogP contribution in [-0.4, -0.2) is 14.8 Å². The number of rotatable bonds is 2. The Bertz CT molecular complexity index is 2800. The van der Waals surface area contributed by atoms with Crippen molar-refractivity contribution in [1.29, 1.82) is 0 Å². The summed E-state index contributed by atoms with van der Waals surface area (Å²) in [4.78, 5) is 0. The largest absolute Gasteiger partial charge is 0.456 e. The molecule has 0 radical (unpaired) electrons. The highest BCUT2D eigenvalue weighted by Crippen LogP contribution is 2.47. The van der Waals surface area contributed by atoms with Gasteiger partial charge in [0.1, 0.15) is 22.7 Å². The summed E-state index contributed by atoms with van der Waals surface area (Å²) in [6, 6.07) is 46.0. The normalized spacial score (nSPS) is 15.8. The molecule has 0 saturated carbocycles. The predicted octanol–water partition coefficient (Wildman–Crippen LogP) is 10.7. The molecule has 0 N–H and O–H groups in total. The van der Waals surface area contributed by atoms with Gasteiger partial charge in [0.05, 0.1) is 16.6 Å². The standard InChI is InChI=1S/C42H26N3O/c1-4-14-32-28(10-1)29-11-2-5-15-33(29)43(32)26-20-22-27(23-21-26)44-34-16-6-7-17-35(34)45-36-24-25-39-41(30-12-3-8-19-38(30)46-39)40(36)31-13-9-18-37(44)42(31)45/h1-25,35H/q+1. The summed E-state index contributed by atoms with van der Waals surface area (Å²) in [6.07, 6.45) is 8.92. The van der Waals surface area contributed by atoms with Gasteiger partial charge < -0.3 is 13.6 Å². The van der Waals surface area contributed by atoms with Crippen LogP contribution in [0.25, 0.3) is 71.2 Å². The zero-order valence-electron chi connectivity index (χ0n) is 24.8. The SMILES string of the molecule is C1=CC2=[N+](c3ccc(-n4c5ccccc5c5ccccc54)cc3)c3cccc4c5c6c(ccc5n(c34)C2C=C1)oc1ccccc16. The molecule has 1 unspecified atom stereocenters. The molecule has 214 valence electrons. The molecule has 0 saturated heterocycles. The van der Waals surface area contributed by atoms with Crippen molar-refractivity contribution in [3.63, 3.8) is 0 Å². The van der Waals surface area contributed by atoms with Crippen LogP contribution in [0.2, 0.25) is 0 Å². The van der Waals surface area contributed by atoms with Crippen LogP contribution in [0.15, 0.2) is 156 Å². The maximum atomic E-state index is 6.34. The predicted molar refractivity (Wildman–Crippen MR) is 191 cm³/mol. The molecule has 1 atom stereocenters. The number of furan rings is 1. The van der Waals surface area contributed by atoms with Gasteiger partial charge in [-0.25, -0.2) is 0 Å². The number of nitrogens with zero attached hydrogens (tertiary/aromatic N) is 3. The first kappa shape index (κ1) is 24.2. The summed E-state index contributed by atoms with van der Waals surface area (Å²) in [5.74, 6) is 0. The topological polar surface area (TPSA) is 26.0 Å². The van der Waals surface area contributed by atoms with Crippen LogP contribution in [0.3, 0.4) is 0 Å². The highest BCUT2D eigenvalue weighted by molar-refractivity contribution is 6.29. The highest BCUT2D eigenvalue weighted by atomic mass is 16.3. The van der Waals surface area contributed by atoms with E-state index in [1.165, 1.54) is 60.4 Å². The Balaban J connectivity index is 1.17. The Labute approximate surface area is 263 Å². The van der Waals surface area contributed by atoms with Crippen LogP contribution in [0.5, 0.6) is 0 Å².